The van der Waals surface area contributed by atoms with Gasteiger partial charge < -0.3 is 10.1 Å². The SMILES string of the molecule is CCCNC(Cc1nccs1)c1ccc(OC)cc1F. The molecule has 2 aromatic rings. The second-order valence-electron chi connectivity index (χ2n) is 4.52. The van der Waals surface area contributed by atoms with Gasteiger partial charge in [-0.15, -0.1) is 11.3 Å². The lowest BCUT2D eigenvalue weighted by Gasteiger charge is -2.19. The highest BCUT2D eigenvalue weighted by Gasteiger charge is 2.17. The monoisotopic (exact) mass is 294 g/mol. The summed E-state index contributed by atoms with van der Waals surface area (Å²) in [6.07, 6.45) is 3.48. The van der Waals surface area contributed by atoms with Crippen LogP contribution in [0.15, 0.2) is 29.8 Å². The average molecular weight is 294 g/mol. The summed E-state index contributed by atoms with van der Waals surface area (Å²) in [5, 5.41) is 6.34. The predicted octanol–water partition coefficient (Wildman–Crippen LogP) is 3.57. The van der Waals surface area contributed by atoms with E-state index in [1.807, 2.05) is 5.38 Å². The molecule has 0 amide bonds. The fourth-order valence-corrected chi connectivity index (χ4v) is 2.72. The van der Waals surface area contributed by atoms with E-state index >= 15 is 0 Å². The Morgan fingerprint density at radius 3 is 2.90 bits per heavy atom. The van der Waals surface area contributed by atoms with Crippen LogP contribution in [0.25, 0.3) is 0 Å². The molecule has 0 spiro atoms. The van der Waals surface area contributed by atoms with E-state index in [1.165, 1.54) is 13.2 Å². The molecule has 5 heteroatoms. The lowest BCUT2D eigenvalue weighted by molar-refractivity contribution is 0.409. The van der Waals surface area contributed by atoms with Crippen LogP contribution in [0, 0.1) is 5.82 Å². The van der Waals surface area contributed by atoms with E-state index in [2.05, 4.69) is 17.2 Å². The summed E-state index contributed by atoms with van der Waals surface area (Å²) in [6, 6.07) is 4.94. The third kappa shape index (κ3) is 3.77. The van der Waals surface area contributed by atoms with Crippen molar-refractivity contribution < 1.29 is 9.13 Å². The first kappa shape index (κ1) is 14.9. The number of rotatable bonds is 7. The summed E-state index contributed by atoms with van der Waals surface area (Å²) in [4.78, 5) is 4.28. The van der Waals surface area contributed by atoms with Crippen molar-refractivity contribution in [2.75, 3.05) is 13.7 Å². The van der Waals surface area contributed by atoms with Gasteiger partial charge in [-0.25, -0.2) is 9.37 Å². The van der Waals surface area contributed by atoms with Crippen molar-refractivity contribution in [2.24, 2.45) is 0 Å². The normalized spacial score (nSPS) is 12.3. The molecule has 1 aromatic carbocycles. The molecule has 1 atom stereocenters. The van der Waals surface area contributed by atoms with Gasteiger partial charge in [-0.2, -0.15) is 0 Å². The van der Waals surface area contributed by atoms with E-state index < -0.39 is 0 Å². The van der Waals surface area contributed by atoms with Gasteiger partial charge in [-0.1, -0.05) is 13.0 Å². The van der Waals surface area contributed by atoms with E-state index in [0.29, 0.717) is 17.7 Å². The molecule has 108 valence electrons. The van der Waals surface area contributed by atoms with Gasteiger partial charge in [-0.3, -0.25) is 0 Å². The highest BCUT2D eigenvalue weighted by atomic mass is 32.1. The van der Waals surface area contributed by atoms with Gasteiger partial charge >= 0.3 is 0 Å². The number of nitrogens with one attached hydrogen (secondary N) is 1. The first-order chi connectivity index (χ1) is 9.74. The molecule has 1 heterocycles. The van der Waals surface area contributed by atoms with Crippen LogP contribution in [0.2, 0.25) is 0 Å². The summed E-state index contributed by atoms with van der Waals surface area (Å²) in [6.45, 7) is 2.94. The maximum Gasteiger partial charge on any atom is 0.131 e. The van der Waals surface area contributed by atoms with E-state index in [4.69, 9.17) is 4.74 Å². The zero-order chi connectivity index (χ0) is 14.4. The molecule has 2 rings (SSSR count). The summed E-state index contributed by atoms with van der Waals surface area (Å²) >= 11 is 1.59. The number of hydrogen-bond acceptors (Lipinski definition) is 4. The zero-order valence-electron chi connectivity index (χ0n) is 11.7. The molecule has 3 nitrogen and oxygen atoms in total. The molecular weight excluding hydrogens is 275 g/mol. The Hall–Kier alpha value is -1.46. The van der Waals surface area contributed by atoms with Crippen LogP contribution in [0.1, 0.15) is 30.0 Å². The van der Waals surface area contributed by atoms with Crippen molar-refractivity contribution in [3.05, 3.63) is 46.2 Å². The van der Waals surface area contributed by atoms with Crippen LogP contribution in [0.3, 0.4) is 0 Å². The predicted molar refractivity (Wildman–Crippen MR) is 79.8 cm³/mol. The molecule has 0 saturated heterocycles. The highest BCUT2D eigenvalue weighted by molar-refractivity contribution is 7.09. The van der Waals surface area contributed by atoms with Crippen LogP contribution >= 0.6 is 11.3 Å². The maximum atomic E-state index is 14.2. The van der Waals surface area contributed by atoms with Gasteiger partial charge in [0.05, 0.1) is 12.1 Å². The van der Waals surface area contributed by atoms with Crippen molar-refractivity contribution in [1.29, 1.82) is 0 Å². The number of hydrogen-bond donors (Lipinski definition) is 1. The Kier molecular flexibility index (Phi) is 5.49. The molecule has 0 aliphatic carbocycles. The summed E-state index contributed by atoms with van der Waals surface area (Å²) in [5.74, 6) is 0.296. The maximum absolute atomic E-state index is 14.2. The smallest absolute Gasteiger partial charge is 0.131 e. The number of aromatic nitrogens is 1. The van der Waals surface area contributed by atoms with Gasteiger partial charge in [-0.05, 0) is 19.0 Å². The number of nitrogens with zero attached hydrogens (tertiary/aromatic N) is 1. The Morgan fingerprint density at radius 2 is 2.30 bits per heavy atom. The highest BCUT2D eigenvalue weighted by Crippen LogP contribution is 2.25. The zero-order valence-corrected chi connectivity index (χ0v) is 12.5. The van der Waals surface area contributed by atoms with E-state index in [-0.39, 0.29) is 11.9 Å². The number of benzene rings is 1. The summed E-state index contributed by atoms with van der Waals surface area (Å²) < 4.78 is 19.3. The second kappa shape index (κ2) is 7.36. The van der Waals surface area contributed by atoms with Gasteiger partial charge in [0.25, 0.3) is 0 Å². The lowest BCUT2D eigenvalue weighted by Crippen LogP contribution is -2.25. The number of ether oxygens (including phenoxy) is 1. The molecule has 1 aromatic heterocycles. The minimum atomic E-state index is -0.241. The van der Waals surface area contributed by atoms with Crippen molar-refractivity contribution in [3.63, 3.8) is 0 Å². The molecule has 0 bridgehead atoms. The Labute approximate surface area is 122 Å². The Bertz CT molecular complexity index is 531. The molecule has 0 radical (unpaired) electrons. The lowest BCUT2D eigenvalue weighted by atomic mass is 10.0. The van der Waals surface area contributed by atoms with Gasteiger partial charge in [0.1, 0.15) is 11.6 Å². The van der Waals surface area contributed by atoms with Crippen LogP contribution in [-0.4, -0.2) is 18.6 Å². The first-order valence-corrected chi connectivity index (χ1v) is 7.57. The quantitative estimate of drug-likeness (QED) is 0.847. The first-order valence-electron chi connectivity index (χ1n) is 6.69. The van der Waals surface area contributed by atoms with Crippen molar-refractivity contribution in [3.8, 4) is 5.75 Å². The number of methoxy groups -OCH3 is 1. The van der Waals surface area contributed by atoms with Crippen molar-refractivity contribution >= 4 is 11.3 Å². The molecule has 0 fully saturated rings. The van der Waals surface area contributed by atoms with Crippen LogP contribution in [-0.2, 0) is 6.42 Å². The van der Waals surface area contributed by atoms with Gasteiger partial charge in [0.2, 0.25) is 0 Å². The summed E-state index contributed by atoms with van der Waals surface area (Å²) in [7, 11) is 1.54. The fourth-order valence-electron chi connectivity index (χ4n) is 2.06. The molecule has 0 saturated carbocycles. The topological polar surface area (TPSA) is 34.2 Å². The largest absolute Gasteiger partial charge is 0.497 e. The van der Waals surface area contributed by atoms with Gasteiger partial charge in [0.15, 0.2) is 0 Å². The third-order valence-electron chi connectivity index (χ3n) is 3.09. The third-order valence-corrected chi connectivity index (χ3v) is 3.89. The molecule has 0 aliphatic heterocycles. The summed E-state index contributed by atoms with van der Waals surface area (Å²) in [5.41, 5.74) is 0.662. The van der Waals surface area contributed by atoms with Crippen LogP contribution in [0.4, 0.5) is 4.39 Å². The Balaban J connectivity index is 2.21. The molecule has 1 unspecified atom stereocenters. The number of thiazole rings is 1. The van der Waals surface area contributed by atoms with E-state index in [1.54, 1.807) is 29.7 Å². The van der Waals surface area contributed by atoms with Crippen LogP contribution in [0.5, 0.6) is 5.75 Å². The molecular formula is C15H19FN2OS. The van der Waals surface area contributed by atoms with Gasteiger partial charge in [0, 0.05) is 35.7 Å². The van der Waals surface area contributed by atoms with E-state index in [9.17, 15) is 4.39 Å². The minimum Gasteiger partial charge on any atom is -0.497 e. The van der Waals surface area contributed by atoms with Crippen molar-refractivity contribution in [2.45, 2.75) is 25.8 Å². The van der Waals surface area contributed by atoms with Crippen molar-refractivity contribution in [1.82, 2.24) is 10.3 Å². The second-order valence-corrected chi connectivity index (χ2v) is 5.50. The van der Waals surface area contributed by atoms with E-state index in [0.717, 1.165) is 18.0 Å². The standard InChI is InChI=1S/C15H19FN2OS/c1-3-6-17-14(10-15-18-7-8-20-15)12-5-4-11(19-2)9-13(12)16/h4-5,7-9,14,17H,3,6,10H2,1-2H3. The van der Waals surface area contributed by atoms with Crippen LogP contribution < -0.4 is 10.1 Å². The average Bonchev–Trinajstić information content (AvgIpc) is 2.96. The molecule has 0 aliphatic rings. The molecule has 20 heavy (non-hydrogen) atoms. The fraction of sp³-hybridized carbons (Fsp3) is 0.400. The Morgan fingerprint density at radius 1 is 1.45 bits per heavy atom. The minimum absolute atomic E-state index is 0.0630. The molecule has 1 N–H and O–H groups in total. The number of halogens is 1.